The molecule has 1 heterocycles. The van der Waals surface area contributed by atoms with Gasteiger partial charge in [-0.1, -0.05) is 0 Å². The molecule has 2 rings (SSSR count). The van der Waals surface area contributed by atoms with E-state index in [0.717, 1.165) is 5.56 Å². The first-order valence-electron chi connectivity index (χ1n) is 6.43. The number of aliphatic hydroxyl groups is 1. The Hall–Kier alpha value is -2.19. The van der Waals surface area contributed by atoms with E-state index in [0.29, 0.717) is 28.6 Å². The van der Waals surface area contributed by atoms with Gasteiger partial charge >= 0.3 is 0 Å². The number of aryl methyl sites for hydroxylation is 1. The first-order chi connectivity index (χ1) is 9.56. The number of rotatable bonds is 4. The summed E-state index contributed by atoms with van der Waals surface area (Å²) in [6.45, 7) is 3.73. The summed E-state index contributed by atoms with van der Waals surface area (Å²) in [5.74, 6) is -0.357. The van der Waals surface area contributed by atoms with Gasteiger partial charge in [0.1, 0.15) is 11.9 Å². The maximum atomic E-state index is 13.6. The molecule has 0 saturated heterocycles. The Morgan fingerprint density at radius 1 is 1.50 bits per heavy atom. The summed E-state index contributed by atoms with van der Waals surface area (Å²) in [7, 11) is 0. The van der Waals surface area contributed by atoms with Crippen molar-refractivity contribution >= 4 is 16.6 Å². The van der Waals surface area contributed by atoms with Crippen LogP contribution in [0.1, 0.15) is 24.5 Å². The number of aliphatic hydroxyl groups excluding tert-OH is 1. The van der Waals surface area contributed by atoms with Gasteiger partial charge in [0.05, 0.1) is 16.8 Å². The highest BCUT2D eigenvalue weighted by Gasteiger charge is 2.13. The van der Waals surface area contributed by atoms with Crippen molar-refractivity contribution in [3.05, 3.63) is 35.3 Å². The van der Waals surface area contributed by atoms with Crippen molar-refractivity contribution in [1.29, 1.82) is 5.26 Å². The SMILES string of the molecule is Cc1cc(F)cc2c(N[C@@H](C)CCO)c(C#N)cnc12. The first-order valence-corrected chi connectivity index (χ1v) is 6.43. The molecule has 2 aromatic rings. The fourth-order valence-electron chi connectivity index (χ4n) is 2.19. The second-order valence-electron chi connectivity index (χ2n) is 4.84. The summed E-state index contributed by atoms with van der Waals surface area (Å²) >= 11 is 0. The van der Waals surface area contributed by atoms with Crippen molar-refractivity contribution in [1.82, 2.24) is 4.98 Å². The standard InChI is InChI=1S/C15H16FN3O/c1-9-5-12(16)6-13-14(9)18-8-11(7-17)15(13)19-10(2)3-4-20/h5-6,8,10,20H,3-4H2,1-2H3,(H,18,19)/t10-/m0/s1. The number of hydrogen-bond donors (Lipinski definition) is 2. The topological polar surface area (TPSA) is 68.9 Å². The number of nitrogens with zero attached hydrogens (tertiary/aromatic N) is 2. The molecule has 1 aromatic carbocycles. The molecular weight excluding hydrogens is 257 g/mol. The zero-order chi connectivity index (χ0) is 14.7. The third-order valence-corrected chi connectivity index (χ3v) is 3.20. The van der Waals surface area contributed by atoms with E-state index in [-0.39, 0.29) is 18.5 Å². The lowest BCUT2D eigenvalue weighted by Crippen LogP contribution is -2.17. The van der Waals surface area contributed by atoms with E-state index in [1.54, 1.807) is 6.92 Å². The number of nitrogens with one attached hydrogen (secondary N) is 1. The molecule has 1 atom stereocenters. The molecule has 0 bridgehead atoms. The largest absolute Gasteiger partial charge is 0.396 e. The zero-order valence-corrected chi connectivity index (χ0v) is 11.4. The van der Waals surface area contributed by atoms with Gasteiger partial charge in [0.15, 0.2) is 0 Å². The molecule has 4 nitrogen and oxygen atoms in total. The predicted molar refractivity (Wildman–Crippen MR) is 75.9 cm³/mol. The third kappa shape index (κ3) is 2.70. The van der Waals surface area contributed by atoms with Crippen molar-refractivity contribution in [2.75, 3.05) is 11.9 Å². The molecule has 5 heteroatoms. The maximum Gasteiger partial charge on any atom is 0.124 e. The Kier molecular flexibility index (Phi) is 4.16. The molecule has 104 valence electrons. The normalized spacial score (nSPS) is 12.2. The van der Waals surface area contributed by atoms with Gasteiger partial charge in [-0.2, -0.15) is 5.26 Å². The van der Waals surface area contributed by atoms with Crippen LogP contribution in [0.2, 0.25) is 0 Å². The smallest absolute Gasteiger partial charge is 0.124 e. The number of nitriles is 1. The van der Waals surface area contributed by atoms with Crippen LogP contribution in [0.4, 0.5) is 10.1 Å². The maximum absolute atomic E-state index is 13.6. The van der Waals surface area contributed by atoms with Crippen molar-refractivity contribution in [2.45, 2.75) is 26.3 Å². The van der Waals surface area contributed by atoms with Gasteiger partial charge in [-0.3, -0.25) is 4.98 Å². The minimum Gasteiger partial charge on any atom is -0.396 e. The van der Waals surface area contributed by atoms with Gasteiger partial charge in [0, 0.05) is 24.2 Å². The second kappa shape index (κ2) is 5.85. The van der Waals surface area contributed by atoms with Gasteiger partial charge < -0.3 is 10.4 Å². The third-order valence-electron chi connectivity index (χ3n) is 3.20. The van der Waals surface area contributed by atoms with Crippen LogP contribution < -0.4 is 5.32 Å². The molecule has 0 aliphatic carbocycles. The summed E-state index contributed by atoms with van der Waals surface area (Å²) in [4.78, 5) is 4.23. The number of pyridine rings is 1. The van der Waals surface area contributed by atoms with Crippen LogP contribution in [0.3, 0.4) is 0 Å². The van der Waals surface area contributed by atoms with E-state index in [9.17, 15) is 9.65 Å². The molecule has 0 radical (unpaired) electrons. The minimum absolute atomic E-state index is 0.0266. The van der Waals surface area contributed by atoms with Gasteiger partial charge in [0.2, 0.25) is 0 Å². The van der Waals surface area contributed by atoms with E-state index in [4.69, 9.17) is 5.11 Å². The van der Waals surface area contributed by atoms with Crippen molar-refractivity contribution in [2.24, 2.45) is 0 Å². The monoisotopic (exact) mass is 273 g/mol. The van der Waals surface area contributed by atoms with Crippen LogP contribution in [-0.2, 0) is 0 Å². The molecule has 1 aromatic heterocycles. The number of hydrogen-bond acceptors (Lipinski definition) is 4. The Balaban J connectivity index is 2.62. The molecular formula is C15H16FN3O. The van der Waals surface area contributed by atoms with Crippen LogP contribution >= 0.6 is 0 Å². The lowest BCUT2D eigenvalue weighted by Gasteiger charge is -2.17. The van der Waals surface area contributed by atoms with Gasteiger partial charge in [-0.25, -0.2) is 4.39 Å². The molecule has 20 heavy (non-hydrogen) atoms. The molecule has 0 unspecified atom stereocenters. The van der Waals surface area contributed by atoms with Crippen molar-refractivity contribution in [3.8, 4) is 6.07 Å². The number of aromatic nitrogens is 1. The number of anilines is 1. The van der Waals surface area contributed by atoms with Crippen LogP contribution in [0.25, 0.3) is 10.9 Å². The Morgan fingerprint density at radius 2 is 2.25 bits per heavy atom. The summed E-state index contributed by atoms with van der Waals surface area (Å²) < 4.78 is 13.6. The fraction of sp³-hybridized carbons (Fsp3) is 0.333. The Labute approximate surface area is 116 Å². The van der Waals surface area contributed by atoms with Gasteiger partial charge in [-0.05, 0) is 38.0 Å². The number of fused-ring (bicyclic) bond motifs is 1. The predicted octanol–water partition coefficient (Wildman–Crippen LogP) is 2.74. The molecule has 0 fully saturated rings. The van der Waals surface area contributed by atoms with Crippen molar-refractivity contribution < 1.29 is 9.50 Å². The summed E-state index contributed by atoms with van der Waals surface area (Å²) in [5.41, 5.74) is 2.33. The van der Waals surface area contributed by atoms with Crippen LogP contribution in [0.15, 0.2) is 18.3 Å². The highest BCUT2D eigenvalue weighted by atomic mass is 19.1. The molecule has 0 aliphatic rings. The van der Waals surface area contributed by atoms with Crippen LogP contribution in [-0.4, -0.2) is 22.7 Å². The molecule has 2 N–H and O–H groups in total. The van der Waals surface area contributed by atoms with Crippen molar-refractivity contribution in [3.63, 3.8) is 0 Å². The van der Waals surface area contributed by atoms with E-state index in [1.165, 1.54) is 18.3 Å². The average Bonchev–Trinajstić information content (AvgIpc) is 2.39. The summed E-state index contributed by atoms with van der Waals surface area (Å²) in [5, 5.41) is 21.9. The van der Waals surface area contributed by atoms with E-state index in [1.807, 2.05) is 6.92 Å². The van der Waals surface area contributed by atoms with E-state index < -0.39 is 0 Å². The fourth-order valence-corrected chi connectivity index (χ4v) is 2.19. The van der Waals surface area contributed by atoms with E-state index >= 15 is 0 Å². The minimum atomic E-state index is -0.357. The summed E-state index contributed by atoms with van der Waals surface area (Å²) in [6, 6.07) is 4.84. The lowest BCUT2D eigenvalue weighted by atomic mass is 10.1. The summed E-state index contributed by atoms with van der Waals surface area (Å²) in [6.07, 6.45) is 2.03. The lowest BCUT2D eigenvalue weighted by molar-refractivity contribution is 0.282. The second-order valence-corrected chi connectivity index (χ2v) is 4.84. The molecule has 0 spiro atoms. The van der Waals surface area contributed by atoms with E-state index in [2.05, 4.69) is 16.4 Å². The van der Waals surface area contributed by atoms with Gasteiger partial charge in [0.25, 0.3) is 0 Å². The zero-order valence-electron chi connectivity index (χ0n) is 11.4. The number of benzene rings is 1. The van der Waals surface area contributed by atoms with Crippen LogP contribution in [0.5, 0.6) is 0 Å². The molecule has 0 amide bonds. The average molecular weight is 273 g/mol. The molecule has 0 aliphatic heterocycles. The Morgan fingerprint density at radius 3 is 2.90 bits per heavy atom. The highest BCUT2D eigenvalue weighted by molar-refractivity contribution is 5.95. The Bertz CT molecular complexity index is 679. The number of halogens is 1. The highest BCUT2D eigenvalue weighted by Crippen LogP contribution is 2.29. The van der Waals surface area contributed by atoms with Crippen LogP contribution in [0, 0.1) is 24.1 Å². The van der Waals surface area contributed by atoms with Gasteiger partial charge in [-0.15, -0.1) is 0 Å². The quantitative estimate of drug-likeness (QED) is 0.898. The first kappa shape index (κ1) is 14.2. The molecule has 0 saturated carbocycles.